The molecule has 52 heavy (non-hydrogen) atoms. The first-order valence-electron chi connectivity index (χ1n) is 19.3. The van der Waals surface area contributed by atoms with E-state index in [4.69, 9.17) is 0 Å². The van der Waals surface area contributed by atoms with Crippen LogP contribution in [0.5, 0.6) is 0 Å². The van der Waals surface area contributed by atoms with E-state index < -0.39 is 0 Å². The van der Waals surface area contributed by atoms with Gasteiger partial charge in [0.1, 0.15) is 0 Å². The van der Waals surface area contributed by atoms with E-state index in [0.717, 1.165) is 6.42 Å². The molecule has 0 saturated heterocycles. The topological polar surface area (TPSA) is 9.86 Å². The average molecular weight is 673 g/mol. The van der Waals surface area contributed by atoms with Crippen LogP contribution in [0.3, 0.4) is 0 Å². The predicted molar refractivity (Wildman–Crippen MR) is 220 cm³/mol. The van der Waals surface area contributed by atoms with E-state index in [0.29, 0.717) is 12.0 Å². The van der Waals surface area contributed by atoms with Crippen LogP contribution in [-0.4, -0.2) is 9.13 Å². The highest BCUT2D eigenvalue weighted by Crippen LogP contribution is 2.54. The predicted octanol–water partition coefficient (Wildman–Crippen LogP) is 13.6. The third-order valence-corrected chi connectivity index (χ3v) is 12.6. The maximum atomic E-state index is 2.77. The molecule has 0 N–H and O–H groups in total. The molecule has 2 aliphatic rings. The molecule has 2 heteroatoms. The lowest BCUT2D eigenvalue weighted by molar-refractivity contribution is 0.183. The molecule has 6 aromatic carbocycles. The summed E-state index contributed by atoms with van der Waals surface area (Å²) in [6.07, 6.45) is 12.1. The molecule has 1 saturated carbocycles. The van der Waals surface area contributed by atoms with Gasteiger partial charge in [-0.15, -0.1) is 0 Å². The fourth-order valence-corrected chi connectivity index (χ4v) is 9.97. The Labute approximate surface area is 306 Å². The summed E-state index contributed by atoms with van der Waals surface area (Å²) in [5.74, 6) is 0.392. The summed E-state index contributed by atoms with van der Waals surface area (Å²) in [6.45, 7) is 2.45. The van der Waals surface area contributed by atoms with Crippen molar-refractivity contribution in [1.29, 1.82) is 0 Å². The number of allylic oxidation sites excluding steroid dienone is 4. The van der Waals surface area contributed by atoms with E-state index in [-0.39, 0.29) is 5.41 Å². The van der Waals surface area contributed by atoms with E-state index >= 15 is 0 Å². The molecule has 0 spiro atoms. The normalized spacial score (nSPS) is 20.8. The van der Waals surface area contributed by atoms with Gasteiger partial charge in [0.2, 0.25) is 0 Å². The molecule has 2 nitrogen and oxygen atoms in total. The molecule has 0 radical (unpaired) electrons. The summed E-state index contributed by atoms with van der Waals surface area (Å²) in [5, 5.41) is 5.35. The van der Waals surface area contributed by atoms with Crippen LogP contribution >= 0.6 is 0 Å². The summed E-state index contributed by atoms with van der Waals surface area (Å²) in [7, 11) is 0. The van der Waals surface area contributed by atoms with Gasteiger partial charge in [-0.05, 0) is 84.9 Å². The Morgan fingerprint density at radius 1 is 0.577 bits per heavy atom. The number of rotatable bonds is 6. The third-order valence-electron chi connectivity index (χ3n) is 12.6. The first-order valence-corrected chi connectivity index (χ1v) is 19.3. The van der Waals surface area contributed by atoms with Crippen LogP contribution in [0.2, 0.25) is 0 Å². The van der Waals surface area contributed by atoms with Crippen LogP contribution in [0.25, 0.3) is 54.9 Å². The smallest absolute Gasteiger partial charge is 0.0785 e. The molecule has 0 aliphatic heterocycles. The lowest BCUT2D eigenvalue weighted by atomic mass is 9.62. The summed E-state index contributed by atoms with van der Waals surface area (Å²) in [5.41, 5.74) is 12.5. The SMILES string of the molecule is CCC1(C2=CC(c3ccccc3)=CC(c3ccccc3)C2)CCC(n2c3ccccc3c3ccc4c5ccccc5n(-c5ccccc5)c4c32)CC1. The van der Waals surface area contributed by atoms with E-state index in [9.17, 15) is 0 Å². The van der Waals surface area contributed by atoms with Crippen LogP contribution in [0.1, 0.15) is 68.5 Å². The standard InChI is InChI=1S/C50H44N2/c1-2-50(39-33-37(35-16-6-3-7-17-35)32-38(34-39)36-18-8-4-9-19-36)30-28-41(29-31-50)52-47-25-15-13-23-43(47)45-27-26-44-42-22-12-14-24-46(42)51(48(44)49(45)52)40-20-10-5-11-21-40/h3-27,32-33,38,41H,2,28-31,34H2,1H3. The van der Waals surface area contributed by atoms with Gasteiger partial charge in [0.05, 0.1) is 16.6 Å². The second-order valence-electron chi connectivity index (χ2n) is 15.2. The summed E-state index contributed by atoms with van der Waals surface area (Å²) < 4.78 is 5.29. The van der Waals surface area contributed by atoms with E-state index in [1.807, 2.05) is 0 Å². The van der Waals surface area contributed by atoms with E-state index in [2.05, 4.69) is 180 Å². The molecule has 1 unspecified atom stereocenters. The summed E-state index contributed by atoms with van der Waals surface area (Å²) >= 11 is 0. The molecule has 2 aromatic heterocycles. The van der Waals surface area contributed by atoms with Crippen LogP contribution < -0.4 is 0 Å². The van der Waals surface area contributed by atoms with Crippen molar-refractivity contribution in [2.45, 2.75) is 57.4 Å². The van der Waals surface area contributed by atoms with Gasteiger partial charge in [-0.25, -0.2) is 0 Å². The van der Waals surface area contributed by atoms with Gasteiger partial charge in [0.15, 0.2) is 0 Å². The number of benzene rings is 6. The van der Waals surface area contributed by atoms with Gasteiger partial charge in [-0.1, -0.05) is 152 Å². The van der Waals surface area contributed by atoms with E-state index in [1.165, 1.54) is 98.1 Å². The summed E-state index contributed by atoms with van der Waals surface area (Å²) in [6, 6.07) is 56.5. The molecule has 0 bridgehead atoms. The van der Waals surface area contributed by atoms with Gasteiger partial charge >= 0.3 is 0 Å². The highest BCUT2D eigenvalue weighted by Gasteiger charge is 2.40. The monoisotopic (exact) mass is 672 g/mol. The lowest BCUT2D eigenvalue weighted by Gasteiger charge is -2.44. The zero-order valence-corrected chi connectivity index (χ0v) is 29.9. The molecule has 0 amide bonds. The Hall–Kier alpha value is -5.60. The molecular weight excluding hydrogens is 629 g/mol. The fraction of sp³-hybridized carbons (Fsp3) is 0.200. The highest BCUT2D eigenvalue weighted by molar-refractivity contribution is 6.23. The molecule has 254 valence electrons. The second kappa shape index (κ2) is 12.6. The maximum absolute atomic E-state index is 2.77. The lowest BCUT2D eigenvalue weighted by Crippen LogP contribution is -2.31. The number of hydrogen-bond acceptors (Lipinski definition) is 0. The average Bonchev–Trinajstić information content (AvgIpc) is 3.75. The molecular formula is C50H44N2. The quantitative estimate of drug-likeness (QED) is 0.166. The van der Waals surface area contributed by atoms with E-state index in [1.54, 1.807) is 5.57 Å². The van der Waals surface area contributed by atoms with Crippen LogP contribution in [-0.2, 0) is 0 Å². The number of aromatic nitrogens is 2. The number of para-hydroxylation sites is 3. The molecule has 10 rings (SSSR count). The largest absolute Gasteiger partial charge is 0.336 e. The van der Waals surface area contributed by atoms with Gasteiger partial charge in [-0.3, -0.25) is 0 Å². The van der Waals surface area contributed by atoms with Crippen LogP contribution in [0.15, 0.2) is 169 Å². The number of fused-ring (bicyclic) bond motifs is 7. The zero-order valence-electron chi connectivity index (χ0n) is 29.9. The van der Waals surface area contributed by atoms with Gasteiger partial charge in [-0.2, -0.15) is 0 Å². The van der Waals surface area contributed by atoms with Crippen molar-refractivity contribution >= 4 is 49.2 Å². The Morgan fingerprint density at radius 3 is 1.85 bits per heavy atom. The summed E-state index contributed by atoms with van der Waals surface area (Å²) in [4.78, 5) is 0. The van der Waals surface area contributed by atoms with Crippen molar-refractivity contribution in [2.24, 2.45) is 5.41 Å². The minimum atomic E-state index is 0.199. The van der Waals surface area contributed by atoms with Crippen molar-refractivity contribution < 1.29 is 0 Å². The van der Waals surface area contributed by atoms with Crippen molar-refractivity contribution in [2.75, 3.05) is 0 Å². The fourth-order valence-electron chi connectivity index (χ4n) is 9.97. The van der Waals surface area contributed by atoms with Crippen molar-refractivity contribution in [3.8, 4) is 5.69 Å². The maximum Gasteiger partial charge on any atom is 0.0785 e. The Kier molecular flexibility index (Phi) is 7.53. The van der Waals surface area contributed by atoms with Crippen molar-refractivity contribution in [1.82, 2.24) is 9.13 Å². The third kappa shape index (κ3) is 4.92. The van der Waals surface area contributed by atoms with Crippen molar-refractivity contribution in [3.05, 3.63) is 181 Å². The molecule has 8 aromatic rings. The van der Waals surface area contributed by atoms with Gasteiger partial charge < -0.3 is 9.13 Å². The van der Waals surface area contributed by atoms with Gasteiger partial charge in [0, 0.05) is 44.7 Å². The Morgan fingerprint density at radius 2 is 1.15 bits per heavy atom. The number of nitrogens with zero attached hydrogens (tertiary/aromatic N) is 2. The minimum Gasteiger partial charge on any atom is -0.336 e. The first kappa shape index (κ1) is 31.2. The second-order valence-corrected chi connectivity index (χ2v) is 15.2. The Balaban J connectivity index is 1.10. The minimum absolute atomic E-state index is 0.199. The molecule has 2 heterocycles. The van der Waals surface area contributed by atoms with Crippen molar-refractivity contribution in [3.63, 3.8) is 0 Å². The molecule has 1 fully saturated rings. The van der Waals surface area contributed by atoms with Gasteiger partial charge in [0.25, 0.3) is 0 Å². The molecule has 2 aliphatic carbocycles. The number of hydrogen-bond donors (Lipinski definition) is 0. The zero-order chi connectivity index (χ0) is 34.6. The van der Waals surface area contributed by atoms with Crippen LogP contribution in [0.4, 0.5) is 0 Å². The Bertz CT molecular complexity index is 2630. The molecule has 1 atom stereocenters. The highest BCUT2D eigenvalue weighted by atomic mass is 15.1. The van der Waals surface area contributed by atoms with Crippen LogP contribution in [0, 0.1) is 5.41 Å². The first-order chi connectivity index (χ1) is 25.7.